The summed E-state index contributed by atoms with van der Waals surface area (Å²) in [5.74, 6) is -0.575. The van der Waals surface area contributed by atoms with Crippen molar-refractivity contribution in [1.29, 1.82) is 0 Å². The number of nitrogens with one attached hydrogen (secondary N) is 2. The van der Waals surface area contributed by atoms with Crippen LogP contribution in [-0.2, 0) is 9.59 Å². The maximum atomic E-state index is 13.5. The van der Waals surface area contributed by atoms with E-state index in [0.717, 1.165) is 6.42 Å². The minimum atomic E-state index is -0.542. The Morgan fingerprint density at radius 3 is 2.63 bits per heavy atom. The number of carbonyl (C=O) groups excluding carboxylic acids is 2. The van der Waals surface area contributed by atoms with E-state index in [1.807, 2.05) is 0 Å². The van der Waals surface area contributed by atoms with Gasteiger partial charge < -0.3 is 10.6 Å². The molecular formula is C13H16ClFN2O2. The Bertz CT molecular complexity index is 466. The van der Waals surface area contributed by atoms with Crippen LogP contribution in [0.1, 0.15) is 26.2 Å². The zero-order chi connectivity index (χ0) is 14.3. The molecule has 0 aliphatic carbocycles. The number of amides is 2. The molecule has 1 rings (SSSR count). The number of alkyl halides is 1. The van der Waals surface area contributed by atoms with Gasteiger partial charge in [0.05, 0.1) is 5.69 Å². The van der Waals surface area contributed by atoms with Crippen LogP contribution in [0.2, 0.25) is 0 Å². The number of hydrogen-bond acceptors (Lipinski definition) is 2. The van der Waals surface area contributed by atoms with Crippen LogP contribution in [0.15, 0.2) is 18.2 Å². The van der Waals surface area contributed by atoms with Gasteiger partial charge in [-0.25, -0.2) is 4.39 Å². The van der Waals surface area contributed by atoms with Gasteiger partial charge >= 0.3 is 0 Å². The van der Waals surface area contributed by atoms with E-state index in [-0.39, 0.29) is 23.9 Å². The van der Waals surface area contributed by atoms with E-state index in [1.165, 1.54) is 25.1 Å². The second-order valence-electron chi connectivity index (χ2n) is 4.07. The molecule has 0 aliphatic rings. The summed E-state index contributed by atoms with van der Waals surface area (Å²) in [5.41, 5.74) is 0.493. The topological polar surface area (TPSA) is 58.2 Å². The number of hydrogen-bond donors (Lipinski definition) is 2. The number of unbranched alkanes of at least 4 members (excludes halogenated alkanes) is 1. The Hall–Kier alpha value is -1.62. The van der Waals surface area contributed by atoms with E-state index in [0.29, 0.717) is 18.0 Å². The molecule has 0 fully saturated rings. The molecule has 19 heavy (non-hydrogen) atoms. The van der Waals surface area contributed by atoms with E-state index in [4.69, 9.17) is 11.6 Å². The number of rotatable bonds is 6. The Kier molecular flexibility index (Phi) is 6.29. The maximum absolute atomic E-state index is 13.5. The molecule has 1 aromatic carbocycles. The lowest BCUT2D eigenvalue weighted by molar-refractivity contribution is -0.116. The first kappa shape index (κ1) is 15.4. The minimum absolute atomic E-state index is 0.0575. The van der Waals surface area contributed by atoms with Crippen LogP contribution in [0.5, 0.6) is 0 Å². The van der Waals surface area contributed by atoms with Gasteiger partial charge in [0, 0.05) is 24.9 Å². The molecule has 0 bridgehead atoms. The molecule has 0 spiro atoms. The monoisotopic (exact) mass is 286 g/mol. The average Bonchev–Trinajstić information content (AvgIpc) is 2.33. The van der Waals surface area contributed by atoms with Crippen LogP contribution >= 0.6 is 11.6 Å². The quantitative estimate of drug-likeness (QED) is 0.623. The third kappa shape index (κ3) is 5.70. The highest BCUT2D eigenvalue weighted by Gasteiger charge is 2.08. The van der Waals surface area contributed by atoms with Gasteiger partial charge in [-0.15, -0.1) is 11.6 Å². The highest BCUT2D eigenvalue weighted by Crippen LogP contribution is 2.20. The molecule has 0 radical (unpaired) electrons. The first-order chi connectivity index (χ1) is 9.02. The zero-order valence-electron chi connectivity index (χ0n) is 10.6. The van der Waals surface area contributed by atoms with Crippen molar-refractivity contribution in [2.24, 2.45) is 0 Å². The molecule has 6 heteroatoms. The van der Waals surface area contributed by atoms with Gasteiger partial charge in [-0.1, -0.05) is 0 Å². The molecule has 0 aromatic heterocycles. The van der Waals surface area contributed by atoms with Gasteiger partial charge in [-0.05, 0) is 31.0 Å². The molecule has 0 aliphatic heterocycles. The van der Waals surface area contributed by atoms with Crippen LogP contribution < -0.4 is 10.6 Å². The number of halogens is 2. The van der Waals surface area contributed by atoms with Crippen LogP contribution in [0, 0.1) is 5.82 Å². The lowest BCUT2D eigenvalue weighted by atomic mass is 10.2. The van der Waals surface area contributed by atoms with Crippen molar-refractivity contribution in [3.8, 4) is 0 Å². The molecule has 2 N–H and O–H groups in total. The Morgan fingerprint density at radius 1 is 1.26 bits per heavy atom. The summed E-state index contributed by atoms with van der Waals surface area (Å²) >= 11 is 5.51. The Labute approximate surface area is 116 Å². The van der Waals surface area contributed by atoms with E-state index in [1.54, 1.807) is 0 Å². The Morgan fingerprint density at radius 2 is 2.00 bits per heavy atom. The molecule has 0 saturated heterocycles. The number of benzene rings is 1. The van der Waals surface area contributed by atoms with Gasteiger partial charge in [0.15, 0.2) is 0 Å². The molecule has 0 saturated carbocycles. The fraction of sp³-hybridized carbons (Fsp3) is 0.385. The predicted molar refractivity (Wildman–Crippen MR) is 73.9 cm³/mol. The minimum Gasteiger partial charge on any atom is -0.326 e. The van der Waals surface area contributed by atoms with Crippen molar-refractivity contribution in [2.75, 3.05) is 16.5 Å². The first-order valence-electron chi connectivity index (χ1n) is 5.96. The molecule has 0 heterocycles. The van der Waals surface area contributed by atoms with Crippen LogP contribution in [0.25, 0.3) is 0 Å². The lowest BCUT2D eigenvalue weighted by Crippen LogP contribution is -2.13. The molecule has 104 valence electrons. The highest BCUT2D eigenvalue weighted by molar-refractivity contribution is 6.17. The van der Waals surface area contributed by atoms with Gasteiger partial charge in [-0.2, -0.15) is 0 Å². The predicted octanol–water partition coefficient (Wildman–Crippen LogP) is 3.13. The van der Waals surface area contributed by atoms with Crippen molar-refractivity contribution >= 4 is 34.8 Å². The SMILES string of the molecule is CC(=O)Nc1ccc(F)c(NC(=O)CCCCCl)c1. The molecule has 4 nitrogen and oxygen atoms in total. The third-order valence-corrected chi connectivity index (χ3v) is 2.62. The van der Waals surface area contributed by atoms with E-state index in [9.17, 15) is 14.0 Å². The summed E-state index contributed by atoms with van der Waals surface area (Å²) in [6.45, 7) is 1.35. The molecule has 1 aromatic rings. The average molecular weight is 287 g/mol. The van der Waals surface area contributed by atoms with Gasteiger partial charge in [-0.3, -0.25) is 9.59 Å². The fourth-order valence-electron chi connectivity index (χ4n) is 1.49. The smallest absolute Gasteiger partial charge is 0.224 e. The first-order valence-corrected chi connectivity index (χ1v) is 6.49. The van der Waals surface area contributed by atoms with Crippen LogP contribution in [0.4, 0.5) is 15.8 Å². The zero-order valence-corrected chi connectivity index (χ0v) is 11.4. The van der Waals surface area contributed by atoms with Crippen molar-refractivity contribution in [2.45, 2.75) is 26.2 Å². The van der Waals surface area contributed by atoms with Gasteiger partial charge in [0.1, 0.15) is 5.82 Å². The van der Waals surface area contributed by atoms with Gasteiger partial charge in [0.2, 0.25) is 11.8 Å². The van der Waals surface area contributed by atoms with E-state index >= 15 is 0 Å². The largest absolute Gasteiger partial charge is 0.326 e. The van der Waals surface area contributed by atoms with Gasteiger partial charge in [0.25, 0.3) is 0 Å². The molecule has 0 unspecified atom stereocenters. The summed E-state index contributed by atoms with van der Waals surface area (Å²) < 4.78 is 13.5. The second-order valence-corrected chi connectivity index (χ2v) is 4.45. The van der Waals surface area contributed by atoms with Crippen LogP contribution in [-0.4, -0.2) is 17.7 Å². The highest BCUT2D eigenvalue weighted by atomic mass is 35.5. The second kappa shape index (κ2) is 7.74. The summed E-state index contributed by atoms with van der Waals surface area (Å²) in [4.78, 5) is 22.5. The van der Waals surface area contributed by atoms with Crippen molar-refractivity contribution < 1.29 is 14.0 Å². The van der Waals surface area contributed by atoms with Crippen molar-refractivity contribution in [1.82, 2.24) is 0 Å². The standard InChI is InChI=1S/C13H16ClFN2O2/c1-9(18)16-10-5-6-11(15)12(8-10)17-13(19)4-2-3-7-14/h5-6,8H,2-4,7H2,1H3,(H,16,18)(H,17,19). The Balaban J connectivity index is 2.65. The fourth-order valence-corrected chi connectivity index (χ4v) is 1.68. The van der Waals surface area contributed by atoms with Crippen molar-refractivity contribution in [3.05, 3.63) is 24.0 Å². The maximum Gasteiger partial charge on any atom is 0.224 e. The summed E-state index contributed by atoms with van der Waals surface area (Å²) in [6.07, 6.45) is 1.68. The molecule has 2 amide bonds. The van der Waals surface area contributed by atoms with E-state index in [2.05, 4.69) is 10.6 Å². The summed E-state index contributed by atoms with van der Waals surface area (Å²) in [5, 5.41) is 5.00. The normalized spacial score (nSPS) is 10.1. The molecule has 0 atom stereocenters. The van der Waals surface area contributed by atoms with Crippen molar-refractivity contribution in [3.63, 3.8) is 0 Å². The number of carbonyl (C=O) groups is 2. The summed E-state index contributed by atoms with van der Waals surface area (Å²) in [6, 6.07) is 4.01. The number of anilines is 2. The lowest BCUT2D eigenvalue weighted by Gasteiger charge is -2.09. The summed E-state index contributed by atoms with van der Waals surface area (Å²) in [7, 11) is 0. The van der Waals surface area contributed by atoms with E-state index < -0.39 is 5.82 Å². The van der Waals surface area contributed by atoms with Crippen LogP contribution in [0.3, 0.4) is 0 Å². The third-order valence-electron chi connectivity index (χ3n) is 2.35. The molecular weight excluding hydrogens is 271 g/mol.